The van der Waals surface area contributed by atoms with E-state index in [-0.39, 0.29) is 11.3 Å². The minimum absolute atomic E-state index is 0.100. The Balaban J connectivity index is 1.97. The number of piperidine rings is 2. The number of hydrogen-bond donors (Lipinski definition) is 0. The van der Waals surface area contributed by atoms with Crippen LogP contribution in [0.4, 0.5) is 0 Å². The first-order valence-electron chi connectivity index (χ1n) is 7.08. The van der Waals surface area contributed by atoms with Gasteiger partial charge in [-0.3, -0.25) is 4.79 Å². The van der Waals surface area contributed by atoms with Gasteiger partial charge >= 0.3 is 0 Å². The van der Waals surface area contributed by atoms with Gasteiger partial charge in [0.05, 0.1) is 12.9 Å². The zero-order valence-corrected chi connectivity index (χ0v) is 13.1. The molecule has 1 spiro atoms. The smallest absolute Gasteiger partial charge is 0.222 e. The summed E-state index contributed by atoms with van der Waals surface area (Å²) in [7, 11) is -1.45. The Kier molecular flexibility index (Phi) is 4.71. The summed E-state index contributed by atoms with van der Waals surface area (Å²) in [6, 6.07) is 0. The van der Waals surface area contributed by atoms with Crippen molar-refractivity contribution >= 4 is 15.9 Å². The molecule has 0 aromatic heterocycles. The molecule has 0 unspecified atom stereocenters. The Bertz CT molecular complexity index is 455. The van der Waals surface area contributed by atoms with Crippen molar-refractivity contribution < 1.29 is 17.9 Å². The second kappa shape index (κ2) is 5.99. The Morgan fingerprint density at radius 2 is 1.90 bits per heavy atom. The van der Waals surface area contributed by atoms with Crippen LogP contribution in [0.3, 0.4) is 0 Å². The average Bonchev–Trinajstić information content (AvgIpc) is 2.40. The molecule has 116 valence electrons. The number of nitrogens with zero attached hydrogens (tertiary/aromatic N) is 2. The first kappa shape index (κ1) is 15.7. The summed E-state index contributed by atoms with van der Waals surface area (Å²) in [4.78, 5) is 13.8. The third kappa shape index (κ3) is 3.51. The quantitative estimate of drug-likeness (QED) is 0.749. The summed E-state index contributed by atoms with van der Waals surface area (Å²) in [5.74, 6) is 0.193. The van der Waals surface area contributed by atoms with Crippen LogP contribution in [-0.2, 0) is 19.6 Å². The lowest BCUT2D eigenvalue weighted by Gasteiger charge is -2.46. The number of ether oxygens (including phenoxy) is 1. The van der Waals surface area contributed by atoms with Crippen LogP contribution in [0.1, 0.15) is 25.7 Å². The van der Waals surface area contributed by atoms with Gasteiger partial charge in [0.15, 0.2) is 0 Å². The summed E-state index contributed by atoms with van der Waals surface area (Å²) in [6.07, 6.45) is 4.41. The summed E-state index contributed by atoms with van der Waals surface area (Å²) < 4.78 is 29.7. The molecular formula is C13H24N2O4S. The highest BCUT2D eigenvalue weighted by Gasteiger charge is 2.42. The van der Waals surface area contributed by atoms with Crippen LogP contribution in [0, 0.1) is 5.41 Å². The van der Waals surface area contributed by atoms with Crippen molar-refractivity contribution in [3.63, 3.8) is 0 Å². The standard InChI is InChI=1S/C13H24N2O4S/c1-19-10-9-14-11-13(4-3-12(14)16)5-7-15(8-6-13)20(2,17)18/h3-11H2,1-2H3. The molecule has 2 saturated heterocycles. The number of carbonyl (C=O) groups is 1. The summed E-state index contributed by atoms with van der Waals surface area (Å²) in [5.41, 5.74) is 0.100. The molecule has 0 N–H and O–H groups in total. The first-order valence-corrected chi connectivity index (χ1v) is 8.93. The van der Waals surface area contributed by atoms with Crippen LogP contribution in [0.2, 0.25) is 0 Å². The summed E-state index contributed by atoms with van der Waals surface area (Å²) >= 11 is 0. The molecule has 2 rings (SSSR count). The number of likely N-dealkylation sites (tertiary alicyclic amines) is 1. The van der Waals surface area contributed by atoms with Crippen LogP contribution in [0.5, 0.6) is 0 Å². The zero-order chi connectivity index (χ0) is 14.8. The van der Waals surface area contributed by atoms with E-state index in [2.05, 4.69) is 0 Å². The molecular weight excluding hydrogens is 280 g/mol. The number of amides is 1. The fourth-order valence-corrected chi connectivity index (χ4v) is 4.05. The lowest BCUT2D eigenvalue weighted by Crippen LogP contribution is -2.52. The SMILES string of the molecule is COCCN1CC2(CCC1=O)CCN(S(C)(=O)=O)CC2. The van der Waals surface area contributed by atoms with Gasteiger partial charge in [0.2, 0.25) is 15.9 Å². The van der Waals surface area contributed by atoms with Crippen molar-refractivity contribution in [3.05, 3.63) is 0 Å². The maximum Gasteiger partial charge on any atom is 0.222 e. The van der Waals surface area contributed by atoms with Crippen LogP contribution in [0.25, 0.3) is 0 Å². The molecule has 6 nitrogen and oxygen atoms in total. The lowest BCUT2D eigenvalue weighted by atomic mass is 9.73. The average molecular weight is 304 g/mol. The maximum atomic E-state index is 11.9. The van der Waals surface area contributed by atoms with Crippen LogP contribution < -0.4 is 0 Å². The third-order valence-corrected chi connectivity index (χ3v) is 5.87. The van der Waals surface area contributed by atoms with Gasteiger partial charge in [0.1, 0.15) is 0 Å². The highest BCUT2D eigenvalue weighted by molar-refractivity contribution is 7.88. The normalized spacial score (nSPS) is 24.3. The van der Waals surface area contributed by atoms with Gasteiger partial charge in [0.25, 0.3) is 0 Å². The molecule has 2 aliphatic heterocycles. The van der Waals surface area contributed by atoms with Crippen LogP contribution in [-0.4, -0.2) is 69.7 Å². The minimum Gasteiger partial charge on any atom is -0.383 e. The van der Waals surface area contributed by atoms with Gasteiger partial charge in [-0.15, -0.1) is 0 Å². The molecule has 0 bridgehead atoms. The molecule has 2 fully saturated rings. The molecule has 2 heterocycles. The van der Waals surface area contributed by atoms with Gasteiger partial charge in [-0.1, -0.05) is 0 Å². The van der Waals surface area contributed by atoms with E-state index < -0.39 is 10.0 Å². The van der Waals surface area contributed by atoms with E-state index in [0.29, 0.717) is 32.7 Å². The first-order chi connectivity index (χ1) is 9.36. The van der Waals surface area contributed by atoms with Crippen LogP contribution >= 0.6 is 0 Å². The van der Waals surface area contributed by atoms with Gasteiger partial charge in [-0.2, -0.15) is 0 Å². The van der Waals surface area contributed by atoms with E-state index in [9.17, 15) is 13.2 Å². The molecule has 1 amide bonds. The topological polar surface area (TPSA) is 66.9 Å². The van der Waals surface area contributed by atoms with Gasteiger partial charge in [-0.05, 0) is 24.7 Å². The molecule has 0 aromatic rings. The Morgan fingerprint density at radius 1 is 1.25 bits per heavy atom. The molecule has 0 saturated carbocycles. The van der Waals surface area contributed by atoms with Gasteiger partial charge < -0.3 is 9.64 Å². The van der Waals surface area contributed by atoms with Crippen molar-refractivity contribution in [2.24, 2.45) is 5.41 Å². The fraction of sp³-hybridized carbons (Fsp3) is 0.923. The molecule has 20 heavy (non-hydrogen) atoms. The molecule has 0 atom stereocenters. The van der Waals surface area contributed by atoms with E-state index in [1.807, 2.05) is 4.90 Å². The van der Waals surface area contributed by atoms with Gasteiger partial charge in [-0.25, -0.2) is 12.7 Å². The van der Waals surface area contributed by atoms with E-state index in [1.54, 1.807) is 11.4 Å². The summed E-state index contributed by atoms with van der Waals surface area (Å²) in [6.45, 7) is 3.08. The second-order valence-corrected chi connectivity index (χ2v) is 7.95. The summed E-state index contributed by atoms with van der Waals surface area (Å²) in [5, 5.41) is 0. The second-order valence-electron chi connectivity index (χ2n) is 5.97. The van der Waals surface area contributed by atoms with Crippen molar-refractivity contribution in [2.45, 2.75) is 25.7 Å². The highest BCUT2D eigenvalue weighted by Crippen LogP contribution is 2.40. The van der Waals surface area contributed by atoms with Crippen molar-refractivity contribution in [1.29, 1.82) is 0 Å². The number of carbonyl (C=O) groups excluding carboxylic acids is 1. The fourth-order valence-electron chi connectivity index (χ4n) is 3.21. The van der Waals surface area contributed by atoms with Crippen LogP contribution in [0.15, 0.2) is 0 Å². The monoisotopic (exact) mass is 304 g/mol. The Labute approximate surface area is 121 Å². The number of methoxy groups -OCH3 is 1. The van der Waals surface area contributed by atoms with Crippen molar-refractivity contribution in [2.75, 3.05) is 46.2 Å². The lowest BCUT2D eigenvalue weighted by molar-refractivity contribution is -0.139. The number of hydrogen-bond acceptors (Lipinski definition) is 4. The Morgan fingerprint density at radius 3 is 2.45 bits per heavy atom. The molecule has 0 radical (unpaired) electrons. The Hall–Kier alpha value is -0.660. The predicted octanol–water partition coefficient (Wildman–Crippen LogP) is 0.297. The minimum atomic E-state index is -3.09. The van der Waals surface area contributed by atoms with Crippen molar-refractivity contribution in [1.82, 2.24) is 9.21 Å². The number of rotatable bonds is 4. The van der Waals surface area contributed by atoms with E-state index in [1.165, 1.54) is 6.26 Å². The van der Waals surface area contributed by atoms with Crippen molar-refractivity contribution in [3.8, 4) is 0 Å². The number of sulfonamides is 1. The highest BCUT2D eigenvalue weighted by atomic mass is 32.2. The largest absolute Gasteiger partial charge is 0.383 e. The maximum absolute atomic E-state index is 11.9. The molecule has 0 aromatic carbocycles. The van der Waals surface area contributed by atoms with Gasteiger partial charge in [0, 0.05) is 39.7 Å². The molecule has 2 aliphatic rings. The van der Waals surface area contributed by atoms with E-state index in [4.69, 9.17) is 4.74 Å². The zero-order valence-electron chi connectivity index (χ0n) is 12.3. The van der Waals surface area contributed by atoms with E-state index >= 15 is 0 Å². The third-order valence-electron chi connectivity index (χ3n) is 4.57. The molecule has 7 heteroatoms. The van der Waals surface area contributed by atoms with E-state index in [0.717, 1.165) is 25.8 Å². The predicted molar refractivity (Wildman–Crippen MR) is 75.8 cm³/mol. The molecule has 0 aliphatic carbocycles.